The molecule has 4 rings (SSSR count). The van der Waals surface area contributed by atoms with E-state index >= 15 is 0 Å². The molecular weight excluding hydrogens is 490 g/mol. The number of hydrogen-bond acceptors (Lipinski definition) is 5. The maximum atomic E-state index is 13.4. The molecule has 3 aromatic rings. The molecule has 6 heteroatoms. The number of benzene rings is 3. The number of ketones is 1. The quantitative estimate of drug-likeness (QED) is 0.197. The van der Waals surface area contributed by atoms with Crippen LogP contribution in [0.5, 0.6) is 11.5 Å². The molecule has 0 aromatic heterocycles. The van der Waals surface area contributed by atoms with Crippen molar-refractivity contribution < 1.29 is 24.2 Å². The molecule has 1 N–H and O–H groups in total. The zero-order valence-corrected chi connectivity index (χ0v) is 23.4. The molecule has 1 aliphatic rings. The van der Waals surface area contributed by atoms with Gasteiger partial charge in [-0.1, -0.05) is 64.1 Å². The van der Waals surface area contributed by atoms with Crippen molar-refractivity contribution in [2.24, 2.45) is 0 Å². The Hall–Kier alpha value is -4.06. The molecule has 3 aromatic carbocycles. The van der Waals surface area contributed by atoms with E-state index in [2.05, 4.69) is 20.8 Å². The average molecular weight is 528 g/mol. The number of carbonyl (C=O) groups is 2. The van der Waals surface area contributed by atoms with Crippen molar-refractivity contribution in [2.75, 3.05) is 20.3 Å². The van der Waals surface area contributed by atoms with Gasteiger partial charge in [0, 0.05) is 12.1 Å². The van der Waals surface area contributed by atoms with Gasteiger partial charge in [-0.05, 0) is 71.3 Å². The molecule has 1 unspecified atom stereocenters. The summed E-state index contributed by atoms with van der Waals surface area (Å²) in [4.78, 5) is 28.3. The lowest BCUT2D eigenvalue weighted by Crippen LogP contribution is -2.31. The van der Waals surface area contributed by atoms with Crippen molar-refractivity contribution in [1.29, 1.82) is 0 Å². The second-order valence-electron chi connectivity index (χ2n) is 10.8. The van der Waals surface area contributed by atoms with Gasteiger partial charge in [-0.25, -0.2) is 0 Å². The predicted octanol–water partition coefficient (Wildman–Crippen LogP) is 6.45. The van der Waals surface area contributed by atoms with Crippen LogP contribution < -0.4 is 9.47 Å². The summed E-state index contributed by atoms with van der Waals surface area (Å²) < 4.78 is 10.9. The largest absolute Gasteiger partial charge is 0.507 e. The van der Waals surface area contributed by atoms with E-state index < -0.39 is 17.7 Å². The number of rotatable bonds is 9. The summed E-state index contributed by atoms with van der Waals surface area (Å²) in [6.07, 6.45) is 1.44. The first kappa shape index (κ1) is 28.0. The number of likely N-dealkylation sites (tertiary alicyclic amines) is 1. The first-order chi connectivity index (χ1) is 18.6. The Morgan fingerprint density at radius 2 is 1.51 bits per heavy atom. The summed E-state index contributed by atoms with van der Waals surface area (Å²) in [7, 11) is 1.62. The molecule has 1 saturated heterocycles. The number of carbonyl (C=O) groups excluding carboxylic acids is 2. The third-order valence-corrected chi connectivity index (χ3v) is 7.03. The smallest absolute Gasteiger partial charge is 0.295 e. The minimum atomic E-state index is -0.701. The van der Waals surface area contributed by atoms with Crippen LogP contribution >= 0.6 is 0 Å². The maximum Gasteiger partial charge on any atom is 0.295 e. The van der Waals surface area contributed by atoms with E-state index in [0.717, 1.165) is 28.9 Å². The van der Waals surface area contributed by atoms with Crippen molar-refractivity contribution in [3.8, 4) is 11.5 Å². The van der Waals surface area contributed by atoms with Gasteiger partial charge in [-0.15, -0.1) is 0 Å². The van der Waals surface area contributed by atoms with E-state index in [1.165, 1.54) is 0 Å². The fraction of sp³-hybridized carbons (Fsp3) is 0.333. The van der Waals surface area contributed by atoms with Gasteiger partial charge in [0.2, 0.25) is 0 Å². The zero-order valence-electron chi connectivity index (χ0n) is 23.4. The van der Waals surface area contributed by atoms with Crippen molar-refractivity contribution in [3.63, 3.8) is 0 Å². The third-order valence-electron chi connectivity index (χ3n) is 7.03. The van der Waals surface area contributed by atoms with E-state index in [4.69, 9.17) is 9.47 Å². The summed E-state index contributed by atoms with van der Waals surface area (Å²) in [5, 5.41) is 11.4. The molecular formula is C33H37NO5. The fourth-order valence-corrected chi connectivity index (χ4v) is 4.75. The van der Waals surface area contributed by atoms with Crippen molar-refractivity contribution in [2.45, 2.75) is 52.0 Å². The lowest BCUT2D eigenvalue weighted by Gasteiger charge is -2.26. The minimum absolute atomic E-state index is 0.0453. The highest BCUT2D eigenvalue weighted by Gasteiger charge is 2.45. The van der Waals surface area contributed by atoms with Crippen LogP contribution in [0.2, 0.25) is 0 Å². The molecule has 204 valence electrons. The number of nitrogens with zero attached hydrogens (tertiary/aromatic N) is 1. The maximum absolute atomic E-state index is 13.4. The number of hydrogen-bond donors (Lipinski definition) is 1. The van der Waals surface area contributed by atoms with Crippen LogP contribution in [0, 0.1) is 0 Å². The van der Waals surface area contributed by atoms with Crippen molar-refractivity contribution in [3.05, 3.63) is 101 Å². The predicted molar refractivity (Wildman–Crippen MR) is 153 cm³/mol. The SMILES string of the molecule is CCCOc1ccc(/C(O)=C2/C(=O)C(=O)N(CCc3ccc(OC)cc3)C2c2ccc(C(C)(C)C)cc2)cc1. The number of aliphatic hydroxyl groups is 1. The Balaban J connectivity index is 1.72. The Kier molecular flexibility index (Phi) is 8.44. The minimum Gasteiger partial charge on any atom is -0.507 e. The van der Waals surface area contributed by atoms with Crippen molar-refractivity contribution >= 4 is 17.4 Å². The third kappa shape index (κ3) is 6.17. The number of aliphatic hydroxyl groups excluding tert-OH is 1. The first-order valence-corrected chi connectivity index (χ1v) is 13.4. The van der Waals surface area contributed by atoms with Gasteiger partial charge in [0.1, 0.15) is 17.3 Å². The number of amides is 1. The summed E-state index contributed by atoms with van der Waals surface area (Å²) in [6.45, 7) is 9.35. The Morgan fingerprint density at radius 1 is 0.897 bits per heavy atom. The van der Waals surface area contributed by atoms with E-state index in [1.54, 1.807) is 36.3 Å². The molecule has 39 heavy (non-hydrogen) atoms. The second-order valence-corrected chi connectivity index (χ2v) is 10.8. The summed E-state index contributed by atoms with van der Waals surface area (Å²) in [5.74, 6) is -0.0459. The zero-order chi connectivity index (χ0) is 28.2. The molecule has 1 amide bonds. The highest BCUT2D eigenvalue weighted by molar-refractivity contribution is 6.46. The molecule has 0 radical (unpaired) electrons. The molecule has 1 fully saturated rings. The van der Waals surface area contributed by atoms with Gasteiger partial charge in [-0.2, -0.15) is 0 Å². The van der Waals surface area contributed by atoms with Crippen LogP contribution in [0.4, 0.5) is 0 Å². The van der Waals surface area contributed by atoms with Gasteiger partial charge < -0.3 is 19.5 Å². The number of Topliss-reactive ketones (excluding diaryl/α,β-unsaturated/α-hetero) is 1. The normalized spacial score (nSPS) is 16.9. The van der Waals surface area contributed by atoms with Crippen LogP contribution in [0.25, 0.3) is 5.76 Å². The van der Waals surface area contributed by atoms with Crippen LogP contribution in [0.1, 0.15) is 62.4 Å². The van der Waals surface area contributed by atoms with Gasteiger partial charge >= 0.3 is 0 Å². The van der Waals surface area contributed by atoms with Gasteiger partial charge in [-0.3, -0.25) is 9.59 Å². The van der Waals surface area contributed by atoms with Crippen LogP contribution in [0.15, 0.2) is 78.4 Å². The van der Waals surface area contributed by atoms with Gasteiger partial charge in [0.15, 0.2) is 0 Å². The fourth-order valence-electron chi connectivity index (χ4n) is 4.75. The molecule has 1 atom stereocenters. The van der Waals surface area contributed by atoms with Crippen molar-refractivity contribution in [1.82, 2.24) is 4.90 Å². The lowest BCUT2D eigenvalue weighted by molar-refractivity contribution is -0.139. The van der Waals surface area contributed by atoms with E-state index in [1.807, 2.05) is 55.5 Å². The van der Waals surface area contributed by atoms with E-state index in [9.17, 15) is 14.7 Å². The van der Waals surface area contributed by atoms with Gasteiger partial charge in [0.25, 0.3) is 11.7 Å². The topological polar surface area (TPSA) is 76.1 Å². The highest BCUT2D eigenvalue weighted by Crippen LogP contribution is 2.40. The first-order valence-electron chi connectivity index (χ1n) is 13.4. The van der Waals surface area contributed by atoms with Crippen LogP contribution in [-0.4, -0.2) is 42.0 Å². The molecule has 0 aliphatic carbocycles. The second kappa shape index (κ2) is 11.8. The average Bonchev–Trinajstić information content (AvgIpc) is 3.19. The van der Waals surface area contributed by atoms with E-state index in [-0.39, 0.29) is 16.7 Å². The molecule has 0 bridgehead atoms. The lowest BCUT2D eigenvalue weighted by atomic mass is 9.85. The van der Waals surface area contributed by atoms with Crippen LogP contribution in [-0.2, 0) is 21.4 Å². The molecule has 0 saturated carbocycles. The van der Waals surface area contributed by atoms with Gasteiger partial charge in [0.05, 0.1) is 25.3 Å². The molecule has 6 nitrogen and oxygen atoms in total. The standard InChI is InChI=1S/C33H37NO5/c1-6-21-39-27-17-11-24(12-18-27)30(35)28-29(23-9-13-25(14-10-23)33(2,3)4)34(32(37)31(28)36)20-19-22-7-15-26(38-5)16-8-22/h7-18,29,35H,6,19-21H2,1-5H3/b30-28-. The Morgan fingerprint density at radius 3 is 2.08 bits per heavy atom. The Bertz CT molecular complexity index is 1330. The summed E-state index contributed by atoms with van der Waals surface area (Å²) in [5.41, 5.74) is 3.45. The van der Waals surface area contributed by atoms with E-state index in [0.29, 0.717) is 30.9 Å². The highest BCUT2D eigenvalue weighted by atomic mass is 16.5. The molecule has 1 heterocycles. The number of ether oxygens (including phenoxy) is 2. The Labute approximate surface area is 230 Å². The molecule has 1 aliphatic heterocycles. The molecule has 0 spiro atoms. The summed E-state index contributed by atoms with van der Waals surface area (Å²) in [6, 6.07) is 21.9. The number of methoxy groups -OCH3 is 1. The monoisotopic (exact) mass is 527 g/mol. The van der Waals surface area contributed by atoms with Crippen LogP contribution in [0.3, 0.4) is 0 Å². The summed E-state index contributed by atoms with van der Waals surface area (Å²) >= 11 is 0.